The van der Waals surface area contributed by atoms with Crippen LogP contribution < -0.4 is 10.6 Å². The van der Waals surface area contributed by atoms with Gasteiger partial charge in [-0.05, 0) is 25.7 Å². The molecule has 0 spiro atoms. The Morgan fingerprint density at radius 1 is 1.57 bits per heavy atom. The molecule has 7 nitrogen and oxygen atoms in total. The van der Waals surface area contributed by atoms with Gasteiger partial charge in [0, 0.05) is 17.8 Å². The third kappa shape index (κ3) is 2.95. The number of hydrogen-bond acceptors (Lipinski definition) is 5. The second-order valence-electron chi connectivity index (χ2n) is 5.80. The van der Waals surface area contributed by atoms with Crippen molar-refractivity contribution in [1.82, 2.24) is 20.4 Å². The van der Waals surface area contributed by atoms with Gasteiger partial charge in [-0.15, -0.1) is 0 Å². The summed E-state index contributed by atoms with van der Waals surface area (Å²) < 4.78 is 1.82. The lowest BCUT2D eigenvalue weighted by atomic mass is 9.92. The van der Waals surface area contributed by atoms with Crippen LogP contribution >= 0.6 is 0 Å². The number of β-amino-alcohol motifs (C(OH)–C–C–N with tert-alkyl or cyclic N) is 1. The van der Waals surface area contributed by atoms with E-state index in [9.17, 15) is 9.90 Å². The van der Waals surface area contributed by atoms with E-state index in [-0.39, 0.29) is 24.6 Å². The van der Waals surface area contributed by atoms with Crippen LogP contribution in [0.2, 0.25) is 0 Å². The van der Waals surface area contributed by atoms with Crippen molar-refractivity contribution in [2.45, 2.75) is 50.4 Å². The molecular formula is C14H22N4O3. The van der Waals surface area contributed by atoms with Crippen molar-refractivity contribution >= 4 is 5.91 Å². The molecule has 2 aliphatic rings. The maximum Gasteiger partial charge on any atom is 0.237 e. The van der Waals surface area contributed by atoms with Crippen LogP contribution in [0.15, 0.2) is 6.20 Å². The Bertz CT molecular complexity index is 516. The van der Waals surface area contributed by atoms with Gasteiger partial charge in [-0.1, -0.05) is 0 Å². The van der Waals surface area contributed by atoms with Crippen LogP contribution in [-0.4, -0.2) is 51.2 Å². The average molecular weight is 294 g/mol. The van der Waals surface area contributed by atoms with E-state index in [0.29, 0.717) is 19.5 Å². The third-order valence-corrected chi connectivity index (χ3v) is 4.32. The summed E-state index contributed by atoms with van der Waals surface area (Å²) in [5, 5.41) is 29.0. The van der Waals surface area contributed by atoms with Gasteiger partial charge in [0.15, 0.2) is 0 Å². The molecule has 0 aromatic carbocycles. The summed E-state index contributed by atoms with van der Waals surface area (Å²) in [5.74, 6) is -0.0562. The molecule has 1 aliphatic heterocycles. The van der Waals surface area contributed by atoms with Crippen molar-refractivity contribution in [3.8, 4) is 0 Å². The molecule has 0 radical (unpaired) electrons. The summed E-state index contributed by atoms with van der Waals surface area (Å²) in [6.07, 6.45) is 4.66. The standard InChI is InChI=1S/C14H22N4O3/c19-5-4-18-13-3-1-2-11(10(13)8-16-18)17-14(21)12-6-9(20)7-15-12/h8-9,11-12,15,19-20H,1-7H2,(H,17,21). The fourth-order valence-electron chi connectivity index (χ4n) is 3.25. The molecule has 7 heteroatoms. The molecule has 1 aromatic rings. The summed E-state index contributed by atoms with van der Waals surface area (Å²) in [7, 11) is 0. The predicted octanol–water partition coefficient (Wildman–Crippen LogP) is -0.908. The van der Waals surface area contributed by atoms with Crippen molar-refractivity contribution < 1.29 is 15.0 Å². The Morgan fingerprint density at radius 3 is 3.14 bits per heavy atom. The number of aromatic nitrogens is 2. The zero-order valence-corrected chi connectivity index (χ0v) is 12.0. The lowest BCUT2D eigenvalue weighted by Gasteiger charge is -2.25. The molecule has 4 N–H and O–H groups in total. The molecule has 116 valence electrons. The zero-order valence-electron chi connectivity index (χ0n) is 12.0. The quantitative estimate of drug-likeness (QED) is 0.576. The van der Waals surface area contributed by atoms with E-state index in [4.69, 9.17) is 5.11 Å². The van der Waals surface area contributed by atoms with Gasteiger partial charge in [0.2, 0.25) is 5.91 Å². The molecular weight excluding hydrogens is 272 g/mol. The van der Waals surface area contributed by atoms with E-state index in [2.05, 4.69) is 15.7 Å². The normalized spacial score (nSPS) is 28.4. The summed E-state index contributed by atoms with van der Waals surface area (Å²) in [4.78, 5) is 12.2. The summed E-state index contributed by atoms with van der Waals surface area (Å²) in [6.45, 7) is 1.03. The number of nitrogens with zero attached hydrogens (tertiary/aromatic N) is 2. The number of aliphatic hydroxyl groups is 2. The number of fused-ring (bicyclic) bond motifs is 1. The fraction of sp³-hybridized carbons (Fsp3) is 0.714. The molecule has 3 atom stereocenters. The SMILES string of the molecule is O=C(NC1CCCc2c1cnn2CCO)C1CC(O)CN1. The van der Waals surface area contributed by atoms with E-state index in [0.717, 1.165) is 30.5 Å². The lowest BCUT2D eigenvalue weighted by Crippen LogP contribution is -2.42. The van der Waals surface area contributed by atoms with Gasteiger partial charge in [-0.2, -0.15) is 5.10 Å². The van der Waals surface area contributed by atoms with Gasteiger partial charge in [0.25, 0.3) is 0 Å². The number of carbonyl (C=O) groups is 1. The van der Waals surface area contributed by atoms with Crippen LogP contribution in [0.3, 0.4) is 0 Å². The smallest absolute Gasteiger partial charge is 0.237 e. The van der Waals surface area contributed by atoms with Crippen molar-refractivity contribution in [3.63, 3.8) is 0 Å². The molecule has 0 saturated carbocycles. The van der Waals surface area contributed by atoms with Gasteiger partial charge in [0.05, 0.1) is 37.5 Å². The Hall–Kier alpha value is -1.44. The van der Waals surface area contributed by atoms with E-state index in [1.807, 2.05) is 4.68 Å². The third-order valence-electron chi connectivity index (χ3n) is 4.32. The number of carbonyl (C=O) groups excluding carboxylic acids is 1. The van der Waals surface area contributed by atoms with E-state index >= 15 is 0 Å². The second kappa shape index (κ2) is 6.13. The van der Waals surface area contributed by atoms with Crippen LogP contribution in [0.5, 0.6) is 0 Å². The van der Waals surface area contributed by atoms with Gasteiger partial charge >= 0.3 is 0 Å². The Kier molecular flexibility index (Phi) is 4.23. The summed E-state index contributed by atoms with van der Waals surface area (Å²) in [6, 6.07) is -0.328. The molecule has 3 unspecified atom stereocenters. The number of hydrogen-bond donors (Lipinski definition) is 4. The molecule has 1 amide bonds. The summed E-state index contributed by atoms with van der Waals surface area (Å²) in [5.41, 5.74) is 2.17. The lowest BCUT2D eigenvalue weighted by molar-refractivity contribution is -0.123. The second-order valence-corrected chi connectivity index (χ2v) is 5.80. The topological polar surface area (TPSA) is 99.4 Å². The molecule has 1 aliphatic carbocycles. The molecule has 1 saturated heterocycles. The van der Waals surface area contributed by atoms with Crippen LogP contribution in [-0.2, 0) is 17.8 Å². The highest BCUT2D eigenvalue weighted by Gasteiger charge is 2.31. The van der Waals surface area contributed by atoms with Crippen LogP contribution in [0.1, 0.15) is 36.6 Å². The average Bonchev–Trinajstić information content (AvgIpc) is 3.07. The highest BCUT2D eigenvalue weighted by Crippen LogP contribution is 2.29. The van der Waals surface area contributed by atoms with E-state index < -0.39 is 6.10 Å². The molecule has 1 fully saturated rings. The fourth-order valence-corrected chi connectivity index (χ4v) is 3.25. The minimum atomic E-state index is -0.435. The van der Waals surface area contributed by atoms with Crippen molar-refractivity contribution in [1.29, 1.82) is 0 Å². The monoisotopic (exact) mass is 294 g/mol. The number of aliphatic hydroxyl groups excluding tert-OH is 2. The van der Waals surface area contributed by atoms with Gasteiger partial charge < -0.3 is 20.8 Å². The first-order valence-electron chi connectivity index (χ1n) is 7.56. The Morgan fingerprint density at radius 2 is 2.43 bits per heavy atom. The highest BCUT2D eigenvalue weighted by atomic mass is 16.3. The van der Waals surface area contributed by atoms with E-state index in [1.54, 1.807) is 6.20 Å². The van der Waals surface area contributed by atoms with Crippen LogP contribution in [0, 0.1) is 0 Å². The van der Waals surface area contributed by atoms with Crippen LogP contribution in [0.4, 0.5) is 0 Å². The van der Waals surface area contributed by atoms with Crippen molar-refractivity contribution in [2.75, 3.05) is 13.2 Å². The molecule has 3 rings (SSSR count). The molecule has 0 bridgehead atoms. The number of rotatable bonds is 4. The predicted molar refractivity (Wildman–Crippen MR) is 75.5 cm³/mol. The number of nitrogens with one attached hydrogen (secondary N) is 2. The van der Waals surface area contributed by atoms with Crippen molar-refractivity contribution in [3.05, 3.63) is 17.5 Å². The van der Waals surface area contributed by atoms with Crippen LogP contribution in [0.25, 0.3) is 0 Å². The minimum Gasteiger partial charge on any atom is -0.394 e. The first kappa shape index (κ1) is 14.5. The highest BCUT2D eigenvalue weighted by molar-refractivity contribution is 5.82. The Labute approximate surface area is 123 Å². The van der Waals surface area contributed by atoms with Gasteiger partial charge in [-0.25, -0.2) is 0 Å². The van der Waals surface area contributed by atoms with Crippen molar-refractivity contribution in [2.24, 2.45) is 0 Å². The number of amides is 1. The zero-order chi connectivity index (χ0) is 14.8. The minimum absolute atomic E-state index is 0.0202. The van der Waals surface area contributed by atoms with Gasteiger partial charge in [0.1, 0.15) is 0 Å². The molecule has 21 heavy (non-hydrogen) atoms. The maximum absolute atomic E-state index is 12.2. The first-order valence-corrected chi connectivity index (χ1v) is 7.56. The van der Waals surface area contributed by atoms with Gasteiger partial charge in [-0.3, -0.25) is 9.48 Å². The molecule has 1 aromatic heterocycles. The maximum atomic E-state index is 12.2. The van der Waals surface area contributed by atoms with E-state index in [1.165, 1.54) is 0 Å². The largest absolute Gasteiger partial charge is 0.394 e. The Balaban J connectivity index is 1.69. The molecule has 2 heterocycles. The first-order chi connectivity index (χ1) is 10.2. The summed E-state index contributed by atoms with van der Waals surface area (Å²) >= 11 is 0.